The Hall–Kier alpha value is -1.58. The van der Waals surface area contributed by atoms with Crippen molar-refractivity contribution in [3.05, 3.63) is 17.8 Å². The highest BCUT2D eigenvalue weighted by molar-refractivity contribution is 5.74. The van der Waals surface area contributed by atoms with Gasteiger partial charge in [-0.2, -0.15) is 0 Å². The van der Waals surface area contributed by atoms with Gasteiger partial charge in [-0.15, -0.1) is 0 Å². The molecule has 2 heterocycles. The molecule has 2 aromatic heterocycles. The first-order valence-electron chi connectivity index (χ1n) is 7.80. The van der Waals surface area contributed by atoms with Crippen LogP contribution in [0.5, 0.6) is 0 Å². The van der Waals surface area contributed by atoms with Gasteiger partial charge in [-0.3, -0.25) is 4.57 Å². The van der Waals surface area contributed by atoms with Gasteiger partial charge in [0.2, 0.25) is 5.95 Å². The minimum atomic E-state index is 0.440. The van der Waals surface area contributed by atoms with Gasteiger partial charge in [0.05, 0.1) is 0 Å². The molecule has 1 atom stereocenters. The van der Waals surface area contributed by atoms with Crippen molar-refractivity contribution in [2.24, 2.45) is 5.92 Å². The molecule has 0 aliphatic heterocycles. The van der Waals surface area contributed by atoms with E-state index in [1.807, 2.05) is 13.1 Å². The highest BCUT2D eigenvalue weighted by Crippen LogP contribution is 2.37. The Morgan fingerprint density at radius 3 is 2.80 bits per heavy atom. The molecular formula is C16H24N4. The van der Waals surface area contributed by atoms with Gasteiger partial charge in [0.25, 0.3) is 0 Å². The van der Waals surface area contributed by atoms with E-state index in [9.17, 15) is 0 Å². The van der Waals surface area contributed by atoms with Crippen molar-refractivity contribution >= 4 is 17.1 Å². The predicted molar refractivity (Wildman–Crippen MR) is 82.6 cm³/mol. The van der Waals surface area contributed by atoms with Gasteiger partial charge >= 0.3 is 0 Å². The molecule has 1 aliphatic carbocycles. The minimum absolute atomic E-state index is 0.440. The van der Waals surface area contributed by atoms with Crippen LogP contribution in [0.3, 0.4) is 0 Å². The van der Waals surface area contributed by atoms with E-state index in [4.69, 9.17) is 5.73 Å². The molecule has 3 rings (SSSR count). The Bertz CT molecular complexity index is 596. The maximum atomic E-state index is 6.20. The van der Waals surface area contributed by atoms with Crippen LogP contribution in [-0.2, 0) is 0 Å². The van der Waals surface area contributed by atoms with Crippen molar-refractivity contribution < 1.29 is 0 Å². The number of rotatable bonds is 3. The fourth-order valence-electron chi connectivity index (χ4n) is 3.67. The van der Waals surface area contributed by atoms with E-state index in [1.165, 1.54) is 32.1 Å². The summed E-state index contributed by atoms with van der Waals surface area (Å²) in [6, 6.07) is 2.51. The zero-order valence-electron chi connectivity index (χ0n) is 12.5. The molecule has 1 fully saturated rings. The third kappa shape index (κ3) is 2.28. The lowest BCUT2D eigenvalue weighted by molar-refractivity contribution is 0.248. The summed E-state index contributed by atoms with van der Waals surface area (Å²) in [6.07, 6.45) is 9.70. The van der Waals surface area contributed by atoms with E-state index >= 15 is 0 Å². The Morgan fingerprint density at radius 1 is 1.35 bits per heavy atom. The molecule has 1 aliphatic rings. The number of imidazole rings is 1. The van der Waals surface area contributed by atoms with Crippen LogP contribution in [-0.4, -0.2) is 14.5 Å². The smallest absolute Gasteiger partial charge is 0.202 e. The third-order valence-electron chi connectivity index (χ3n) is 4.64. The summed E-state index contributed by atoms with van der Waals surface area (Å²) < 4.78 is 2.19. The van der Waals surface area contributed by atoms with Gasteiger partial charge < -0.3 is 5.73 Å². The number of pyridine rings is 1. The van der Waals surface area contributed by atoms with Gasteiger partial charge in [0.1, 0.15) is 5.52 Å². The van der Waals surface area contributed by atoms with Crippen molar-refractivity contribution in [1.82, 2.24) is 14.5 Å². The van der Waals surface area contributed by atoms with E-state index in [1.54, 1.807) is 0 Å². The number of nitrogens with zero attached hydrogens (tertiary/aromatic N) is 3. The van der Waals surface area contributed by atoms with E-state index < -0.39 is 0 Å². The molecule has 1 unspecified atom stereocenters. The van der Waals surface area contributed by atoms with Crippen LogP contribution in [0, 0.1) is 12.8 Å². The first kappa shape index (κ1) is 13.4. The largest absolute Gasteiger partial charge is 0.369 e. The molecule has 20 heavy (non-hydrogen) atoms. The lowest BCUT2D eigenvalue weighted by Gasteiger charge is -2.31. The molecule has 0 spiro atoms. The van der Waals surface area contributed by atoms with Crippen molar-refractivity contribution in [1.29, 1.82) is 0 Å². The monoisotopic (exact) mass is 272 g/mol. The van der Waals surface area contributed by atoms with Crippen LogP contribution in [0.4, 0.5) is 5.95 Å². The van der Waals surface area contributed by atoms with Crippen molar-refractivity contribution in [3.63, 3.8) is 0 Å². The maximum Gasteiger partial charge on any atom is 0.202 e. The normalized spacial score (nSPS) is 18.5. The number of nitrogens with two attached hydrogens (primary N) is 1. The zero-order valence-corrected chi connectivity index (χ0v) is 12.5. The molecule has 1 saturated carbocycles. The summed E-state index contributed by atoms with van der Waals surface area (Å²) in [6.45, 7) is 4.29. The summed E-state index contributed by atoms with van der Waals surface area (Å²) >= 11 is 0. The lowest BCUT2D eigenvalue weighted by atomic mass is 9.83. The SMILES string of the molecule is CCC(C1CCCCC1)n1c(N)nc2cc(C)cnc21. The second-order valence-corrected chi connectivity index (χ2v) is 6.07. The Balaban J connectivity index is 2.04. The Labute approximate surface area is 120 Å². The van der Waals surface area contributed by atoms with Gasteiger partial charge in [-0.25, -0.2) is 9.97 Å². The fraction of sp³-hybridized carbons (Fsp3) is 0.625. The molecule has 2 N–H and O–H groups in total. The molecular weight excluding hydrogens is 248 g/mol. The average molecular weight is 272 g/mol. The molecule has 2 aromatic rings. The third-order valence-corrected chi connectivity index (χ3v) is 4.64. The topological polar surface area (TPSA) is 56.7 Å². The van der Waals surface area contributed by atoms with E-state index in [0.29, 0.717) is 12.0 Å². The van der Waals surface area contributed by atoms with Crippen LogP contribution in [0.1, 0.15) is 57.1 Å². The van der Waals surface area contributed by atoms with Crippen molar-refractivity contribution in [2.45, 2.75) is 58.4 Å². The van der Waals surface area contributed by atoms with E-state index in [-0.39, 0.29) is 0 Å². The molecule has 0 amide bonds. The number of hydrogen-bond acceptors (Lipinski definition) is 3. The number of aromatic nitrogens is 3. The lowest BCUT2D eigenvalue weighted by Crippen LogP contribution is -2.22. The average Bonchev–Trinajstić information content (AvgIpc) is 2.77. The first-order valence-corrected chi connectivity index (χ1v) is 7.80. The van der Waals surface area contributed by atoms with Crippen LogP contribution in [0.2, 0.25) is 0 Å². The van der Waals surface area contributed by atoms with Crippen LogP contribution in [0.25, 0.3) is 11.2 Å². The van der Waals surface area contributed by atoms with Crippen LogP contribution >= 0.6 is 0 Å². The van der Waals surface area contributed by atoms with Gasteiger partial charge in [-0.05, 0) is 43.7 Å². The van der Waals surface area contributed by atoms with Gasteiger partial charge in [0.15, 0.2) is 5.65 Å². The van der Waals surface area contributed by atoms with Crippen molar-refractivity contribution in [3.8, 4) is 0 Å². The summed E-state index contributed by atoms with van der Waals surface area (Å²) in [5.74, 6) is 1.34. The molecule has 0 bridgehead atoms. The molecule has 0 radical (unpaired) electrons. The second kappa shape index (κ2) is 5.43. The number of fused-ring (bicyclic) bond motifs is 1. The summed E-state index contributed by atoms with van der Waals surface area (Å²) in [5, 5.41) is 0. The van der Waals surface area contributed by atoms with E-state index in [2.05, 4.69) is 27.5 Å². The van der Waals surface area contributed by atoms with Gasteiger partial charge in [0, 0.05) is 12.2 Å². The van der Waals surface area contributed by atoms with Gasteiger partial charge in [-0.1, -0.05) is 26.2 Å². The maximum absolute atomic E-state index is 6.20. The molecule has 4 heteroatoms. The van der Waals surface area contributed by atoms with Crippen LogP contribution < -0.4 is 5.73 Å². The minimum Gasteiger partial charge on any atom is -0.369 e. The number of hydrogen-bond donors (Lipinski definition) is 1. The van der Waals surface area contributed by atoms with E-state index in [0.717, 1.165) is 29.1 Å². The summed E-state index contributed by atoms with van der Waals surface area (Å²) in [4.78, 5) is 9.10. The quantitative estimate of drug-likeness (QED) is 0.923. The summed E-state index contributed by atoms with van der Waals surface area (Å²) in [7, 11) is 0. The highest BCUT2D eigenvalue weighted by atomic mass is 15.2. The number of anilines is 1. The number of aryl methyl sites for hydroxylation is 1. The molecule has 0 aromatic carbocycles. The fourth-order valence-corrected chi connectivity index (χ4v) is 3.67. The predicted octanol–water partition coefficient (Wildman–Crippen LogP) is 3.85. The van der Waals surface area contributed by atoms with Crippen LogP contribution in [0.15, 0.2) is 12.3 Å². The Morgan fingerprint density at radius 2 is 2.10 bits per heavy atom. The first-order chi connectivity index (χ1) is 9.70. The Kier molecular flexibility index (Phi) is 3.64. The molecule has 0 saturated heterocycles. The molecule has 4 nitrogen and oxygen atoms in total. The standard InChI is InChI=1S/C16H24N4/c1-3-14(12-7-5-4-6-8-12)20-15-13(19-16(20)17)9-11(2)10-18-15/h9-10,12,14H,3-8H2,1-2H3,(H2,17,19). The number of nitrogen functional groups attached to an aromatic ring is 1. The van der Waals surface area contributed by atoms with Crippen molar-refractivity contribution in [2.75, 3.05) is 5.73 Å². The molecule has 108 valence electrons. The summed E-state index contributed by atoms with van der Waals surface area (Å²) in [5.41, 5.74) is 9.21. The zero-order chi connectivity index (χ0) is 14.1. The second-order valence-electron chi connectivity index (χ2n) is 6.07. The highest BCUT2D eigenvalue weighted by Gasteiger charge is 2.27.